The van der Waals surface area contributed by atoms with E-state index in [2.05, 4.69) is 11.0 Å². The van der Waals surface area contributed by atoms with E-state index in [4.69, 9.17) is 19.6 Å². The summed E-state index contributed by atoms with van der Waals surface area (Å²) >= 11 is 0. The van der Waals surface area contributed by atoms with Gasteiger partial charge in [-0.25, -0.2) is 4.79 Å². The van der Waals surface area contributed by atoms with Crippen molar-refractivity contribution in [3.8, 4) is 17.2 Å². The molecule has 1 aromatic heterocycles. The van der Waals surface area contributed by atoms with Gasteiger partial charge in [-0.1, -0.05) is 30.3 Å². The summed E-state index contributed by atoms with van der Waals surface area (Å²) in [4.78, 5) is 28.3. The molecule has 10 heteroatoms. The third-order valence-corrected chi connectivity index (χ3v) is 7.13. The third-order valence-electron chi connectivity index (χ3n) is 7.13. The number of morpholine rings is 2. The Labute approximate surface area is 214 Å². The Bertz CT molecular complexity index is 1340. The molecule has 5 rings (SSSR count). The maximum absolute atomic E-state index is 12.5. The van der Waals surface area contributed by atoms with Crippen molar-refractivity contribution in [1.82, 2.24) is 14.4 Å². The van der Waals surface area contributed by atoms with Gasteiger partial charge in [-0.15, -0.1) is 0 Å². The number of oxazole rings is 1. The Morgan fingerprint density at radius 2 is 1.81 bits per heavy atom. The van der Waals surface area contributed by atoms with Gasteiger partial charge < -0.3 is 19.6 Å². The standard InChI is InChI=1S/C27H31N5O5/c28-17-22(31-11-14-36-25(18-31)26(29)33)15-19-1-3-20(4-2-19)21-5-6-24-23(16-21)32(27(34)37-24)8-7-30-9-12-35-13-10-30/h1-6,16,22,25H,7-15,18H2,(H2,29,33)/t22-,25-/m0/s1. The van der Waals surface area contributed by atoms with Crippen molar-refractivity contribution in [2.75, 3.05) is 52.5 Å². The van der Waals surface area contributed by atoms with Crippen LogP contribution in [0.1, 0.15) is 5.56 Å². The lowest BCUT2D eigenvalue weighted by atomic mass is 9.99. The van der Waals surface area contributed by atoms with Crippen LogP contribution in [-0.4, -0.2) is 85.0 Å². The Kier molecular flexibility index (Phi) is 7.67. The van der Waals surface area contributed by atoms with Crippen LogP contribution in [0.4, 0.5) is 0 Å². The molecule has 37 heavy (non-hydrogen) atoms. The van der Waals surface area contributed by atoms with E-state index in [0.717, 1.165) is 55.1 Å². The molecule has 194 valence electrons. The fourth-order valence-corrected chi connectivity index (χ4v) is 4.96. The number of rotatable bonds is 8. The maximum atomic E-state index is 12.5. The van der Waals surface area contributed by atoms with Crippen LogP contribution < -0.4 is 11.5 Å². The van der Waals surface area contributed by atoms with E-state index >= 15 is 0 Å². The predicted molar refractivity (Wildman–Crippen MR) is 137 cm³/mol. The fraction of sp³-hybridized carbons (Fsp3) is 0.444. The van der Waals surface area contributed by atoms with Crippen LogP contribution >= 0.6 is 0 Å². The van der Waals surface area contributed by atoms with Gasteiger partial charge in [0.15, 0.2) is 5.58 Å². The average Bonchev–Trinajstić information content (AvgIpc) is 3.25. The number of nitrogens with zero attached hydrogens (tertiary/aromatic N) is 4. The van der Waals surface area contributed by atoms with E-state index in [0.29, 0.717) is 38.2 Å². The van der Waals surface area contributed by atoms with Crippen molar-refractivity contribution < 1.29 is 18.7 Å². The summed E-state index contributed by atoms with van der Waals surface area (Å²) in [6.45, 7) is 5.77. The summed E-state index contributed by atoms with van der Waals surface area (Å²) in [7, 11) is 0. The Hall–Kier alpha value is -3.49. The molecule has 0 unspecified atom stereocenters. The zero-order valence-corrected chi connectivity index (χ0v) is 20.7. The van der Waals surface area contributed by atoms with E-state index < -0.39 is 12.0 Å². The molecule has 2 aliphatic heterocycles. The van der Waals surface area contributed by atoms with Gasteiger partial charge in [-0.3, -0.25) is 19.2 Å². The lowest BCUT2D eigenvalue weighted by Gasteiger charge is -2.34. The van der Waals surface area contributed by atoms with Crippen molar-refractivity contribution in [3.63, 3.8) is 0 Å². The molecule has 2 aromatic carbocycles. The average molecular weight is 506 g/mol. The summed E-state index contributed by atoms with van der Waals surface area (Å²) in [6, 6.07) is 15.8. The van der Waals surface area contributed by atoms with Crippen LogP contribution in [0.5, 0.6) is 0 Å². The largest absolute Gasteiger partial charge is 0.419 e. The molecule has 0 saturated carbocycles. The summed E-state index contributed by atoms with van der Waals surface area (Å²) in [5.74, 6) is -0.855. The lowest BCUT2D eigenvalue weighted by Crippen LogP contribution is -2.52. The smallest absolute Gasteiger partial charge is 0.408 e. The molecule has 0 bridgehead atoms. The molecule has 0 radical (unpaired) electrons. The number of amides is 1. The topological polar surface area (TPSA) is 127 Å². The molecule has 3 aromatic rings. The van der Waals surface area contributed by atoms with Crippen molar-refractivity contribution in [2.24, 2.45) is 5.73 Å². The number of hydrogen-bond donors (Lipinski definition) is 1. The van der Waals surface area contributed by atoms with Gasteiger partial charge in [-0.05, 0) is 28.8 Å². The molecule has 0 aliphatic carbocycles. The van der Waals surface area contributed by atoms with E-state index in [1.807, 2.05) is 47.4 Å². The number of hydrogen-bond acceptors (Lipinski definition) is 8. The van der Waals surface area contributed by atoms with Crippen LogP contribution in [0.25, 0.3) is 22.2 Å². The van der Waals surface area contributed by atoms with E-state index in [1.165, 1.54) is 0 Å². The van der Waals surface area contributed by atoms with Gasteiger partial charge in [0.05, 0.1) is 31.4 Å². The third kappa shape index (κ3) is 5.76. The molecule has 2 N–H and O–H groups in total. The first-order valence-corrected chi connectivity index (χ1v) is 12.6. The number of carbonyl (C=O) groups is 1. The highest BCUT2D eigenvalue weighted by molar-refractivity contribution is 5.81. The highest BCUT2D eigenvalue weighted by atomic mass is 16.5. The molecule has 10 nitrogen and oxygen atoms in total. The van der Waals surface area contributed by atoms with E-state index in [9.17, 15) is 14.9 Å². The number of ether oxygens (including phenoxy) is 2. The molecule has 0 spiro atoms. The van der Waals surface area contributed by atoms with Crippen LogP contribution in [-0.2, 0) is 27.2 Å². The number of primary amides is 1. The highest BCUT2D eigenvalue weighted by Crippen LogP contribution is 2.25. The van der Waals surface area contributed by atoms with Crippen molar-refractivity contribution in [3.05, 3.63) is 58.6 Å². The highest BCUT2D eigenvalue weighted by Gasteiger charge is 2.29. The second kappa shape index (κ2) is 11.3. The van der Waals surface area contributed by atoms with Gasteiger partial charge in [0.25, 0.3) is 0 Å². The Morgan fingerprint density at radius 1 is 1.05 bits per heavy atom. The van der Waals surface area contributed by atoms with E-state index in [-0.39, 0.29) is 11.8 Å². The minimum atomic E-state index is -0.684. The SMILES string of the molecule is N#C[C@H](Cc1ccc(-c2ccc3oc(=O)n(CCN4CCOCC4)c3c2)cc1)N1CCO[C@H](C(N)=O)C1. The minimum Gasteiger partial charge on any atom is -0.408 e. The molecule has 2 fully saturated rings. The molecule has 2 aliphatic rings. The second-order valence-corrected chi connectivity index (χ2v) is 9.46. The number of nitriles is 1. The van der Waals surface area contributed by atoms with Crippen LogP contribution in [0.3, 0.4) is 0 Å². The molecule has 2 saturated heterocycles. The van der Waals surface area contributed by atoms with Gasteiger partial charge in [0, 0.05) is 45.7 Å². The normalized spacial score (nSPS) is 20.0. The molecular weight excluding hydrogens is 474 g/mol. The first kappa shape index (κ1) is 25.2. The van der Waals surface area contributed by atoms with E-state index in [1.54, 1.807) is 4.57 Å². The molecule has 2 atom stereocenters. The quantitative estimate of drug-likeness (QED) is 0.484. The molecule has 1 amide bonds. The Balaban J connectivity index is 1.29. The van der Waals surface area contributed by atoms with Crippen LogP contribution in [0.15, 0.2) is 51.7 Å². The van der Waals surface area contributed by atoms with Gasteiger partial charge in [0.1, 0.15) is 12.1 Å². The van der Waals surface area contributed by atoms with Crippen molar-refractivity contribution in [2.45, 2.75) is 25.1 Å². The number of aromatic nitrogens is 1. The predicted octanol–water partition coefficient (Wildman–Crippen LogP) is 1.21. The number of benzene rings is 2. The summed E-state index contributed by atoms with van der Waals surface area (Å²) in [5.41, 5.74) is 9.74. The molecule has 3 heterocycles. The zero-order valence-electron chi connectivity index (χ0n) is 20.7. The molecular formula is C27H31N5O5. The van der Waals surface area contributed by atoms with Crippen molar-refractivity contribution >= 4 is 17.0 Å². The van der Waals surface area contributed by atoms with Gasteiger partial charge in [0.2, 0.25) is 5.91 Å². The van der Waals surface area contributed by atoms with Gasteiger partial charge in [-0.2, -0.15) is 5.26 Å². The second-order valence-electron chi connectivity index (χ2n) is 9.46. The first-order chi connectivity index (χ1) is 18.0. The fourth-order valence-electron chi connectivity index (χ4n) is 4.96. The summed E-state index contributed by atoms with van der Waals surface area (Å²) < 4.78 is 18.0. The summed E-state index contributed by atoms with van der Waals surface area (Å²) in [6.07, 6.45) is -0.152. The Morgan fingerprint density at radius 3 is 2.54 bits per heavy atom. The maximum Gasteiger partial charge on any atom is 0.419 e. The lowest BCUT2D eigenvalue weighted by molar-refractivity contribution is -0.135. The van der Waals surface area contributed by atoms with Crippen LogP contribution in [0, 0.1) is 11.3 Å². The summed E-state index contributed by atoms with van der Waals surface area (Å²) in [5, 5.41) is 9.76. The minimum absolute atomic E-state index is 0.323. The number of nitrogens with two attached hydrogens (primary N) is 1. The monoisotopic (exact) mass is 505 g/mol. The van der Waals surface area contributed by atoms with Crippen LogP contribution in [0.2, 0.25) is 0 Å². The zero-order chi connectivity index (χ0) is 25.8. The number of carbonyl (C=O) groups excluding carboxylic acids is 1. The van der Waals surface area contributed by atoms with Crippen molar-refractivity contribution in [1.29, 1.82) is 5.26 Å². The van der Waals surface area contributed by atoms with Gasteiger partial charge >= 0.3 is 5.76 Å². The first-order valence-electron chi connectivity index (χ1n) is 12.6. The number of fused-ring (bicyclic) bond motifs is 1.